The van der Waals surface area contributed by atoms with E-state index in [0.29, 0.717) is 36.3 Å². The van der Waals surface area contributed by atoms with E-state index in [1.807, 2.05) is 75.3 Å². The number of benzene rings is 3. The largest absolute Gasteiger partial charge is 0.494 e. The average Bonchev–Trinajstić information content (AvgIpc) is 3.68. The van der Waals surface area contributed by atoms with Gasteiger partial charge in [0.15, 0.2) is 0 Å². The number of amides is 1. The number of aryl methyl sites for hydroxylation is 6. The van der Waals surface area contributed by atoms with E-state index in [0.717, 1.165) is 66.4 Å². The fourth-order valence-corrected chi connectivity index (χ4v) is 8.02. The normalized spacial score (nSPS) is 16.1. The molecule has 4 heterocycles. The predicted molar refractivity (Wildman–Crippen MR) is 199 cm³/mol. The Morgan fingerprint density at radius 1 is 1.02 bits per heavy atom. The maximum atomic E-state index is 15.0. The number of hydrogen-bond donors (Lipinski definition) is 1. The molecule has 3 aromatic heterocycles. The smallest absolute Gasteiger partial charge is 0.335 e. The van der Waals surface area contributed by atoms with Gasteiger partial charge >= 0.3 is 5.97 Å². The van der Waals surface area contributed by atoms with Gasteiger partial charge in [-0.05, 0) is 101 Å². The molecule has 0 bridgehead atoms. The lowest BCUT2D eigenvalue weighted by atomic mass is 9.98. The van der Waals surface area contributed by atoms with Gasteiger partial charge in [-0.2, -0.15) is 5.10 Å². The third-order valence-corrected chi connectivity index (χ3v) is 11.3. The van der Waals surface area contributed by atoms with Crippen LogP contribution in [-0.2, 0) is 20.5 Å². The van der Waals surface area contributed by atoms with Crippen molar-refractivity contribution in [2.24, 2.45) is 14.1 Å². The minimum Gasteiger partial charge on any atom is -0.494 e. The van der Waals surface area contributed by atoms with E-state index < -0.39 is 11.5 Å². The summed E-state index contributed by atoms with van der Waals surface area (Å²) in [5, 5.41) is 16.8. The zero-order valence-corrected chi connectivity index (χ0v) is 30.6. The second-order valence-corrected chi connectivity index (χ2v) is 14.1. The number of para-hydroxylation sites is 1. The first kappa shape index (κ1) is 33.8. The highest BCUT2D eigenvalue weighted by Gasteiger charge is 2.42. The number of aromatic nitrogens is 4. The zero-order valence-electron chi connectivity index (χ0n) is 29.1. The summed E-state index contributed by atoms with van der Waals surface area (Å²) in [7, 11) is 3.81. The van der Waals surface area contributed by atoms with Crippen molar-refractivity contribution in [2.45, 2.75) is 59.0 Å². The summed E-state index contributed by atoms with van der Waals surface area (Å²) in [5.41, 5.74) is 8.64. The third kappa shape index (κ3) is 5.26. The molecule has 1 unspecified atom stereocenters. The molecular weight excluding hydrogens is 673 g/mol. The van der Waals surface area contributed by atoms with Crippen molar-refractivity contribution in [2.75, 3.05) is 11.5 Å². The molecule has 1 N–H and O–H groups in total. The van der Waals surface area contributed by atoms with Crippen LogP contribution in [-0.4, -0.2) is 48.0 Å². The van der Waals surface area contributed by atoms with Crippen LogP contribution in [0.4, 0.5) is 5.82 Å². The SMILES string of the molecule is Cc1cc(OCCCc2c3n(c4c(-c5c(C)nn(C)c5C)cccc24)[C@H](C)C(Cl)N(c2cc4cc(C(=O)O)ccc4n2C)C3=O)cc(C)c1Cl. The standard InChI is InChI=1S/C39H39Cl2N5O4/c1-20-16-27(17-21(2)34(20)40)50-15-9-12-29-28-10-8-11-30(33-22(3)42-44(7)23(33)4)35(28)45-24(5)37(41)46(38(47)36(29)45)32-19-26-18-25(39(48)49)13-14-31(26)43(32)6/h8,10-11,13-14,16-19,24,37H,9,12,15H2,1-7H3,(H,48,49)/t24-,37?/m1/s1. The van der Waals surface area contributed by atoms with E-state index in [2.05, 4.69) is 23.6 Å². The van der Waals surface area contributed by atoms with Crippen molar-refractivity contribution in [3.63, 3.8) is 0 Å². The first-order valence-electron chi connectivity index (χ1n) is 16.7. The van der Waals surface area contributed by atoms with Crippen molar-refractivity contribution >= 4 is 62.7 Å². The molecule has 6 aromatic rings. The average molecular weight is 713 g/mol. The number of halogens is 2. The maximum absolute atomic E-state index is 15.0. The molecule has 1 aliphatic heterocycles. The molecule has 0 radical (unpaired) electrons. The molecule has 0 fully saturated rings. The first-order valence-corrected chi connectivity index (χ1v) is 17.5. The second kappa shape index (κ2) is 12.5. The van der Waals surface area contributed by atoms with E-state index in [1.54, 1.807) is 23.1 Å². The van der Waals surface area contributed by atoms with Gasteiger partial charge in [-0.1, -0.05) is 41.4 Å². The van der Waals surface area contributed by atoms with E-state index in [-0.39, 0.29) is 17.5 Å². The van der Waals surface area contributed by atoms with Gasteiger partial charge in [0.1, 0.15) is 22.8 Å². The van der Waals surface area contributed by atoms with Crippen LogP contribution in [0.25, 0.3) is 32.9 Å². The lowest BCUT2D eigenvalue weighted by molar-refractivity contribution is 0.0696. The number of carboxylic acid groups (broad SMARTS) is 1. The van der Waals surface area contributed by atoms with Crippen molar-refractivity contribution in [1.82, 2.24) is 18.9 Å². The molecule has 1 aliphatic rings. The summed E-state index contributed by atoms with van der Waals surface area (Å²) >= 11 is 13.7. The van der Waals surface area contributed by atoms with E-state index in [4.69, 9.17) is 33.0 Å². The summed E-state index contributed by atoms with van der Waals surface area (Å²) < 4.78 is 12.1. The summed E-state index contributed by atoms with van der Waals surface area (Å²) in [6.45, 7) is 10.5. The summed E-state index contributed by atoms with van der Waals surface area (Å²) in [6, 6.07) is 16.6. The fourth-order valence-electron chi connectivity index (χ4n) is 7.61. The molecule has 7 rings (SSSR count). The Labute approximate surface area is 300 Å². The Bertz CT molecular complexity index is 2340. The Hall–Kier alpha value is -4.73. The Morgan fingerprint density at radius 2 is 1.74 bits per heavy atom. The van der Waals surface area contributed by atoms with E-state index in [1.165, 1.54) is 0 Å². The van der Waals surface area contributed by atoms with Crippen LogP contribution in [0.5, 0.6) is 5.75 Å². The molecule has 2 atom stereocenters. The van der Waals surface area contributed by atoms with Gasteiger partial charge in [0.05, 0.1) is 29.4 Å². The van der Waals surface area contributed by atoms with Gasteiger partial charge in [0.25, 0.3) is 5.91 Å². The summed E-state index contributed by atoms with van der Waals surface area (Å²) in [6.07, 6.45) is 1.26. The molecule has 3 aromatic carbocycles. The first-order chi connectivity index (χ1) is 23.8. The number of anilines is 1. The molecule has 0 aliphatic carbocycles. The number of fused-ring (bicyclic) bond motifs is 4. The molecule has 0 saturated carbocycles. The van der Waals surface area contributed by atoms with Gasteiger partial charge < -0.3 is 19.0 Å². The topological polar surface area (TPSA) is 94.5 Å². The van der Waals surface area contributed by atoms with Crippen molar-refractivity contribution in [3.8, 4) is 16.9 Å². The van der Waals surface area contributed by atoms with Gasteiger partial charge in [0.2, 0.25) is 0 Å². The highest BCUT2D eigenvalue weighted by molar-refractivity contribution is 6.32. The minimum absolute atomic E-state index is 0.178. The van der Waals surface area contributed by atoms with Crippen molar-refractivity contribution < 1.29 is 19.4 Å². The van der Waals surface area contributed by atoms with Crippen LogP contribution in [0, 0.1) is 27.7 Å². The Kier molecular flexibility index (Phi) is 8.47. The van der Waals surface area contributed by atoms with Crippen LogP contribution < -0.4 is 9.64 Å². The predicted octanol–water partition coefficient (Wildman–Crippen LogP) is 8.92. The Morgan fingerprint density at radius 3 is 2.40 bits per heavy atom. The molecule has 258 valence electrons. The number of carbonyl (C=O) groups excluding carboxylic acids is 1. The number of hydrogen-bond acceptors (Lipinski definition) is 4. The molecule has 1 amide bonds. The van der Waals surface area contributed by atoms with Gasteiger partial charge in [0, 0.05) is 52.2 Å². The lowest BCUT2D eigenvalue weighted by Crippen LogP contribution is -2.48. The zero-order chi connectivity index (χ0) is 35.8. The number of carboxylic acids is 1. The maximum Gasteiger partial charge on any atom is 0.335 e. The summed E-state index contributed by atoms with van der Waals surface area (Å²) in [5.74, 6) is 0.136. The lowest BCUT2D eigenvalue weighted by Gasteiger charge is -2.38. The number of ether oxygens (including phenoxy) is 1. The van der Waals surface area contributed by atoms with Gasteiger partial charge in [-0.3, -0.25) is 14.4 Å². The summed E-state index contributed by atoms with van der Waals surface area (Å²) in [4.78, 5) is 28.4. The third-order valence-electron chi connectivity index (χ3n) is 10.1. The highest BCUT2D eigenvalue weighted by atomic mass is 35.5. The molecule has 11 heteroatoms. The Balaban J connectivity index is 1.36. The fraction of sp³-hybridized carbons (Fsp3) is 0.308. The number of rotatable bonds is 8. The van der Waals surface area contributed by atoms with Crippen LogP contribution in [0.3, 0.4) is 0 Å². The quantitative estimate of drug-likeness (QED) is 0.0967. The van der Waals surface area contributed by atoms with E-state index in [9.17, 15) is 14.7 Å². The number of carbonyl (C=O) groups is 2. The molecule has 9 nitrogen and oxygen atoms in total. The van der Waals surface area contributed by atoms with Crippen LogP contribution in [0.15, 0.2) is 54.6 Å². The van der Waals surface area contributed by atoms with Crippen LogP contribution in [0.1, 0.15) is 68.3 Å². The van der Waals surface area contributed by atoms with Crippen LogP contribution in [0.2, 0.25) is 5.02 Å². The van der Waals surface area contributed by atoms with E-state index >= 15 is 0 Å². The van der Waals surface area contributed by atoms with Gasteiger partial charge in [-0.25, -0.2) is 4.79 Å². The molecule has 50 heavy (non-hydrogen) atoms. The highest BCUT2D eigenvalue weighted by Crippen LogP contribution is 2.45. The number of aromatic carboxylic acids is 1. The van der Waals surface area contributed by atoms with Crippen molar-refractivity contribution in [1.29, 1.82) is 0 Å². The molecule has 0 spiro atoms. The van der Waals surface area contributed by atoms with Crippen LogP contribution >= 0.6 is 23.2 Å². The monoisotopic (exact) mass is 711 g/mol. The van der Waals surface area contributed by atoms with Gasteiger partial charge in [-0.15, -0.1) is 0 Å². The minimum atomic E-state index is -1.01. The second-order valence-electron chi connectivity index (χ2n) is 13.3. The number of nitrogens with zero attached hydrogens (tertiary/aromatic N) is 5. The number of alkyl halides is 1. The molecule has 0 saturated heterocycles. The molecular formula is C39H39Cl2N5O4. The van der Waals surface area contributed by atoms with Crippen molar-refractivity contribution in [3.05, 3.63) is 99.0 Å².